The first-order chi connectivity index (χ1) is 12.5. The van der Waals surface area contributed by atoms with Crippen LogP contribution in [0.1, 0.15) is 44.4 Å². The molecular formula is C19H25N3O2S2. The maximum Gasteiger partial charge on any atom is 0.251 e. The SMILES string of the molecule is CCCSCc1cc(=O)[nH]c(SCC(=O)Nc2ccccc2C(C)C)n1. The van der Waals surface area contributed by atoms with Gasteiger partial charge in [-0.2, -0.15) is 11.8 Å². The Kier molecular flexibility index (Phi) is 8.25. The normalized spacial score (nSPS) is 10.9. The molecular weight excluding hydrogens is 366 g/mol. The van der Waals surface area contributed by atoms with Crippen LogP contribution in [0.15, 0.2) is 40.3 Å². The predicted molar refractivity (Wildman–Crippen MR) is 111 cm³/mol. The number of hydrogen-bond donors (Lipinski definition) is 2. The van der Waals surface area contributed by atoms with Gasteiger partial charge in [0.15, 0.2) is 5.16 Å². The van der Waals surface area contributed by atoms with Crippen molar-refractivity contribution in [1.29, 1.82) is 0 Å². The number of H-pyrrole nitrogens is 1. The van der Waals surface area contributed by atoms with E-state index in [4.69, 9.17) is 0 Å². The van der Waals surface area contributed by atoms with Crippen molar-refractivity contribution in [2.75, 3.05) is 16.8 Å². The molecule has 2 aromatic rings. The average Bonchev–Trinajstić information content (AvgIpc) is 2.60. The number of aromatic amines is 1. The highest BCUT2D eigenvalue weighted by Crippen LogP contribution is 2.24. The van der Waals surface area contributed by atoms with Crippen molar-refractivity contribution >= 4 is 35.1 Å². The lowest BCUT2D eigenvalue weighted by atomic mass is 10.0. The molecule has 1 amide bonds. The van der Waals surface area contributed by atoms with Crippen LogP contribution in [0.5, 0.6) is 0 Å². The lowest BCUT2D eigenvalue weighted by molar-refractivity contribution is -0.113. The second kappa shape index (κ2) is 10.4. The Bertz CT molecular complexity index is 790. The van der Waals surface area contributed by atoms with Crippen molar-refractivity contribution in [2.45, 2.75) is 44.0 Å². The molecule has 1 aromatic carbocycles. The molecule has 0 saturated heterocycles. The van der Waals surface area contributed by atoms with E-state index in [1.807, 2.05) is 24.3 Å². The summed E-state index contributed by atoms with van der Waals surface area (Å²) in [6, 6.07) is 9.32. The predicted octanol–water partition coefficient (Wildman–Crippen LogP) is 4.27. The van der Waals surface area contributed by atoms with Crippen molar-refractivity contribution in [1.82, 2.24) is 9.97 Å². The third-order valence-electron chi connectivity index (χ3n) is 3.57. The summed E-state index contributed by atoms with van der Waals surface area (Å²) < 4.78 is 0. The number of para-hydroxylation sites is 1. The average molecular weight is 392 g/mol. The van der Waals surface area contributed by atoms with Gasteiger partial charge in [-0.15, -0.1) is 0 Å². The van der Waals surface area contributed by atoms with Gasteiger partial charge in [-0.05, 0) is 29.7 Å². The topological polar surface area (TPSA) is 74.8 Å². The molecule has 0 atom stereocenters. The van der Waals surface area contributed by atoms with Gasteiger partial charge in [0.05, 0.1) is 11.4 Å². The third-order valence-corrected chi connectivity index (χ3v) is 5.64. The van der Waals surface area contributed by atoms with Crippen LogP contribution < -0.4 is 10.9 Å². The summed E-state index contributed by atoms with van der Waals surface area (Å²) in [7, 11) is 0. The van der Waals surface area contributed by atoms with Gasteiger partial charge in [-0.3, -0.25) is 9.59 Å². The summed E-state index contributed by atoms with van der Waals surface area (Å²) in [6.45, 7) is 6.31. The number of amides is 1. The van der Waals surface area contributed by atoms with Gasteiger partial charge < -0.3 is 10.3 Å². The third kappa shape index (κ3) is 6.53. The van der Waals surface area contributed by atoms with Gasteiger partial charge >= 0.3 is 0 Å². The number of nitrogens with zero attached hydrogens (tertiary/aromatic N) is 1. The zero-order valence-corrected chi connectivity index (χ0v) is 17.0. The van der Waals surface area contributed by atoms with Gasteiger partial charge in [-0.25, -0.2) is 4.98 Å². The molecule has 0 spiro atoms. The molecule has 0 aliphatic heterocycles. The van der Waals surface area contributed by atoms with Crippen molar-refractivity contribution in [2.24, 2.45) is 0 Å². The van der Waals surface area contributed by atoms with Crippen molar-refractivity contribution in [3.8, 4) is 0 Å². The van der Waals surface area contributed by atoms with Crippen molar-refractivity contribution < 1.29 is 4.79 Å². The molecule has 2 N–H and O–H groups in total. The van der Waals surface area contributed by atoms with Crippen LogP contribution in [-0.2, 0) is 10.5 Å². The van der Waals surface area contributed by atoms with Crippen molar-refractivity contribution in [3.63, 3.8) is 0 Å². The zero-order chi connectivity index (χ0) is 18.9. The minimum Gasteiger partial charge on any atom is -0.325 e. The minimum atomic E-state index is -0.180. The number of thioether (sulfide) groups is 2. The summed E-state index contributed by atoms with van der Waals surface area (Å²) in [6.07, 6.45) is 1.09. The second-order valence-electron chi connectivity index (χ2n) is 6.17. The molecule has 0 aliphatic carbocycles. The van der Waals surface area contributed by atoms with Gasteiger partial charge in [0.2, 0.25) is 5.91 Å². The largest absolute Gasteiger partial charge is 0.325 e. The molecule has 5 nitrogen and oxygen atoms in total. The number of carbonyl (C=O) groups excluding carboxylic acids is 1. The van der Waals surface area contributed by atoms with Gasteiger partial charge in [-0.1, -0.05) is 50.7 Å². The van der Waals surface area contributed by atoms with E-state index in [-0.39, 0.29) is 17.2 Å². The highest BCUT2D eigenvalue weighted by molar-refractivity contribution is 7.99. The van der Waals surface area contributed by atoms with E-state index in [1.54, 1.807) is 11.8 Å². The molecule has 0 bridgehead atoms. The Morgan fingerprint density at radius 1 is 1.31 bits per heavy atom. The fourth-order valence-electron chi connectivity index (χ4n) is 2.38. The molecule has 7 heteroatoms. The Labute approximate surface area is 162 Å². The number of hydrogen-bond acceptors (Lipinski definition) is 5. The van der Waals surface area contributed by atoms with E-state index in [0.29, 0.717) is 16.8 Å². The Balaban J connectivity index is 1.96. The molecule has 0 aliphatic rings. The summed E-state index contributed by atoms with van der Waals surface area (Å²) in [5.74, 6) is 2.15. The first-order valence-electron chi connectivity index (χ1n) is 8.69. The number of anilines is 1. The van der Waals surface area contributed by atoms with E-state index in [1.165, 1.54) is 17.8 Å². The van der Waals surface area contributed by atoms with Crippen LogP contribution in [0.4, 0.5) is 5.69 Å². The molecule has 1 heterocycles. The zero-order valence-electron chi connectivity index (χ0n) is 15.4. The smallest absolute Gasteiger partial charge is 0.251 e. The lowest BCUT2D eigenvalue weighted by Crippen LogP contribution is -2.17. The summed E-state index contributed by atoms with van der Waals surface area (Å²) >= 11 is 2.99. The van der Waals surface area contributed by atoms with Crippen LogP contribution in [0, 0.1) is 0 Å². The number of nitrogens with one attached hydrogen (secondary N) is 2. The van der Waals surface area contributed by atoms with E-state index >= 15 is 0 Å². The Morgan fingerprint density at radius 2 is 2.08 bits per heavy atom. The maximum atomic E-state index is 12.3. The number of aromatic nitrogens is 2. The molecule has 0 unspecified atom stereocenters. The summed E-state index contributed by atoms with van der Waals surface area (Å²) in [4.78, 5) is 31.2. The fourth-order valence-corrected chi connectivity index (χ4v) is 3.87. The maximum absolute atomic E-state index is 12.3. The number of rotatable bonds is 9. The van der Waals surface area contributed by atoms with E-state index in [9.17, 15) is 9.59 Å². The number of benzene rings is 1. The molecule has 0 saturated carbocycles. The Morgan fingerprint density at radius 3 is 2.81 bits per heavy atom. The van der Waals surface area contributed by atoms with Gasteiger partial charge in [0.1, 0.15) is 0 Å². The fraction of sp³-hybridized carbons (Fsp3) is 0.421. The standard InChI is InChI=1S/C19H25N3O2S2/c1-4-9-25-11-14-10-17(23)22-19(20-14)26-12-18(24)21-16-8-6-5-7-15(16)13(2)3/h5-8,10,13H,4,9,11-12H2,1-3H3,(H,21,24)(H,20,22,23). The van der Waals surface area contributed by atoms with E-state index < -0.39 is 0 Å². The molecule has 0 radical (unpaired) electrons. The van der Waals surface area contributed by atoms with Gasteiger partial charge in [0, 0.05) is 17.5 Å². The van der Waals surface area contributed by atoms with E-state index in [0.717, 1.165) is 29.1 Å². The molecule has 140 valence electrons. The first-order valence-corrected chi connectivity index (χ1v) is 10.8. The highest BCUT2D eigenvalue weighted by Gasteiger charge is 2.11. The second-order valence-corrected chi connectivity index (χ2v) is 8.24. The summed E-state index contributed by atoms with van der Waals surface area (Å²) in [5, 5.41) is 3.43. The first kappa shape index (κ1) is 20.6. The van der Waals surface area contributed by atoms with Crippen LogP contribution >= 0.6 is 23.5 Å². The molecule has 0 fully saturated rings. The minimum absolute atomic E-state index is 0.114. The van der Waals surface area contributed by atoms with Crippen LogP contribution in [0.3, 0.4) is 0 Å². The van der Waals surface area contributed by atoms with Gasteiger partial charge in [0.25, 0.3) is 5.56 Å². The number of carbonyl (C=O) groups is 1. The Hall–Kier alpha value is -1.73. The summed E-state index contributed by atoms with van der Waals surface area (Å²) in [5.41, 5.74) is 2.51. The molecule has 1 aromatic heterocycles. The van der Waals surface area contributed by atoms with E-state index in [2.05, 4.69) is 36.1 Å². The molecule has 26 heavy (non-hydrogen) atoms. The lowest BCUT2D eigenvalue weighted by Gasteiger charge is -2.13. The van der Waals surface area contributed by atoms with Crippen molar-refractivity contribution in [3.05, 3.63) is 51.9 Å². The van der Waals surface area contributed by atoms with Crippen LogP contribution in [-0.4, -0.2) is 27.4 Å². The monoisotopic (exact) mass is 391 g/mol. The molecule has 2 rings (SSSR count). The highest BCUT2D eigenvalue weighted by atomic mass is 32.2. The quantitative estimate of drug-likeness (QED) is 0.379. The van der Waals surface area contributed by atoms with Crippen LogP contribution in [0.25, 0.3) is 0 Å². The van der Waals surface area contributed by atoms with Crippen LogP contribution in [0.2, 0.25) is 0 Å².